The van der Waals surface area contributed by atoms with Crippen molar-refractivity contribution < 1.29 is 14.3 Å². The molecule has 148 valence electrons. The number of hydrogen-bond donors (Lipinski definition) is 1. The highest BCUT2D eigenvalue weighted by Gasteiger charge is 2.16. The number of aromatic nitrogens is 2. The Bertz CT molecular complexity index is 984. The fraction of sp³-hybridized carbons (Fsp3) is 0.333. The minimum atomic E-state index is -0.164. The van der Waals surface area contributed by atoms with Crippen LogP contribution in [0.2, 0.25) is 5.02 Å². The molecule has 1 aromatic carbocycles. The molecular formula is C21H24ClN3O3. The molecule has 0 radical (unpaired) electrons. The number of fused-ring (bicyclic) bond motifs is 1. The van der Waals surface area contributed by atoms with Gasteiger partial charge in [0.05, 0.1) is 18.9 Å². The molecule has 0 fully saturated rings. The summed E-state index contributed by atoms with van der Waals surface area (Å²) in [6, 6.07) is 9.33. The first kappa shape index (κ1) is 20.0. The lowest BCUT2D eigenvalue weighted by Crippen LogP contribution is -2.27. The highest BCUT2D eigenvalue weighted by Crippen LogP contribution is 2.28. The van der Waals surface area contributed by atoms with E-state index >= 15 is 0 Å². The van der Waals surface area contributed by atoms with E-state index in [1.807, 2.05) is 39.0 Å². The van der Waals surface area contributed by atoms with Gasteiger partial charge in [-0.2, -0.15) is 0 Å². The number of rotatable bonds is 8. The highest BCUT2D eigenvalue weighted by atomic mass is 35.5. The SMILES string of the molecule is CCOc1ccc(CCNC(=O)c2c(C)nc3cc(Cl)ccn23)cc1OCC. The molecule has 0 atom stereocenters. The third kappa shape index (κ3) is 4.39. The highest BCUT2D eigenvalue weighted by molar-refractivity contribution is 6.30. The predicted octanol–water partition coefficient (Wildman–Crippen LogP) is 4.07. The molecular weight excluding hydrogens is 378 g/mol. The van der Waals surface area contributed by atoms with Crippen LogP contribution in [-0.4, -0.2) is 35.1 Å². The van der Waals surface area contributed by atoms with Gasteiger partial charge in [0.25, 0.3) is 5.91 Å². The van der Waals surface area contributed by atoms with Gasteiger partial charge in [-0.25, -0.2) is 4.98 Å². The maximum atomic E-state index is 12.7. The molecule has 1 amide bonds. The van der Waals surface area contributed by atoms with Crippen molar-refractivity contribution in [2.24, 2.45) is 0 Å². The summed E-state index contributed by atoms with van der Waals surface area (Å²) in [7, 11) is 0. The van der Waals surface area contributed by atoms with Crippen LogP contribution in [-0.2, 0) is 6.42 Å². The number of hydrogen-bond acceptors (Lipinski definition) is 4. The fourth-order valence-electron chi connectivity index (χ4n) is 3.07. The van der Waals surface area contributed by atoms with Crippen LogP contribution in [0.5, 0.6) is 11.5 Å². The average molecular weight is 402 g/mol. The van der Waals surface area contributed by atoms with Gasteiger partial charge < -0.3 is 14.8 Å². The van der Waals surface area contributed by atoms with Gasteiger partial charge in [0, 0.05) is 23.8 Å². The summed E-state index contributed by atoms with van der Waals surface area (Å²) in [6.45, 7) is 7.34. The Balaban J connectivity index is 1.67. The van der Waals surface area contributed by atoms with Gasteiger partial charge in [0.1, 0.15) is 11.3 Å². The van der Waals surface area contributed by atoms with Gasteiger partial charge >= 0.3 is 0 Å². The molecule has 3 aromatic rings. The predicted molar refractivity (Wildman–Crippen MR) is 110 cm³/mol. The normalized spacial score (nSPS) is 10.9. The summed E-state index contributed by atoms with van der Waals surface area (Å²) >= 11 is 6.00. The molecule has 0 bridgehead atoms. The lowest BCUT2D eigenvalue weighted by Gasteiger charge is -2.12. The summed E-state index contributed by atoms with van der Waals surface area (Å²) in [5.74, 6) is 1.29. The Labute approximate surface area is 169 Å². The zero-order chi connectivity index (χ0) is 20.1. The van der Waals surface area contributed by atoms with Crippen LogP contribution in [0.15, 0.2) is 36.5 Å². The van der Waals surface area contributed by atoms with E-state index < -0.39 is 0 Å². The number of nitrogens with one attached hydrogen (secondary N) is 1. The zero-order valence-electron chi connectivity index (χ0n) is 16.3. The molecule has 0 aliphatic rings. The number of carbonyl (C=O) groups is 1. The van der Waals surface area contributed by atoms with Crippen LogP contribution in [0.3, 0.4) is 0 Å². The number of aryl methyl sites for hydroxylation is 1. The van der Waals surface area contributed by atoms with Crippen molar-refractivity contribution in [3.8, 4) is 11.5 Å². The quantitative estimate of drug-likeness (QED) is 0.618. The van der Waals surface area contributed by atoms with Gasteiger partial charge in [0.15, 0.2) is 11.5 Å². The molecule has 2 aromatic heterocycles. The smallest absolute Gasteiger partial charge is 0.270 e. The third-order valence-electron chi connectivity index (χ3n) is 4.28. The molecule has 3 rings (SSSR count). The van der Waals surface area contributed by atoms with Gasteiger partial charge in [-0.3, -0.25) is 9.20 Å². The van der Waals surface area contributed by atoms with E-state index in [1.165, 1.54) is 0 Å². The van der Waals surface area contributed by atoms with Crippen molar-refractivity contribution in [1.82, 2.24) is 14.7 Å². The van der Waals surface area contributed by atoms with Crippen LogP contribution in [0.1, 0.15) is 35.6 Å². The number of amides is 1. The van der Waals surface area contributed by atoms with Crippen molar-refractivity contribution in [1.29, 1.82) is 0 Å². The Morgan fingerprint density at radius 3 is 2.64 bits per heavy atom. The number of pyridine rings is 1. The van der Waals surface area contributed by atoms with E-state index in [9.17, 15) is 4.79 Å². The fourth-order valence-corrected chi connectivity index (χ4v) is 3.22. The number of benzene rings is 1. The van der Waals surface area contributed by atoms with E-state index in [0.29, 0.717) is 48.2 Å². The second kappa shape index (κ2) is 8.97. The number of imidazole rings is 1. The molecule has 6 nitrogen and oxygen atoms in total. The van der Waals surface area contributed by atoms with Crippen LogP contribution >= 0.6 is 11.6 Å². The number of carbonyl (C=O) groups excluding carboxylic acids is 1. The van der Waals surface area contributed by atoms with E-state index in [2.05, 4.69) is 10.3 Å². The van der Waals surface area contributed by atoms with Crippen molar-refractivity contribution in [2.45, 2.75) is 27.2 Å². The first-order valence-electron chi connectivity index (χ1n) is 9.34. The summed E-state index contributed by atoms with van der Waals surface area (Å²) in [5.41, 5.74) is 2.91. The summed E-state index contributed by atoms with van der Waals surface area (Å²) in [6.07, 6.45) is 2.44. The molecule has 28 heavy (non-hydrogen) atoms. The Kier molecular flexibility index (Phi) is 6.41. The first-order chi connectivity index (χ1) is 13.5. The number of ether oxygens (including phenoxy) is 2. The second-order valence-electron chi connectivity index (χ2n) is 6.27. The van der Waals surface area contributed by atoms with Crippen molar-refractivity contribution in [3.63, 3.8) is 0 Å². The Hall–Kier alpha value is -2.73. The molecule has 0 aliphatic carbocycles. The van der Waals surface area contributed by atoms with E-state index in [1.54, 1.807) is 22.7 Å². The Morgan fingerprint density at radius 2 is 1.89 bits per heavy atom. The van der Waals surface area contributed by atoms with Crippen LogP contribution in [0.25, 0.3) is 5.65 Å². The first-order valence-corrected chi connectivity index (χ1v) is 9.72. The third-order valence-corrected chi connectivity index (χ3v) is 4.52. The van der Waals surface area contributed by atoms with Crippen molar-refractivity contribution >= 4 is 23.2 Å². The number of halogens is 1. The van der Waals surface area contributed by atoms with E-state index in [-0.39, 0.29) is 5.91 Å². The van der Waals surface area contributed by atoms with Gasteiger partial charge in [-0.15, -0.1) is 0 Å². The molecule has 0 saturated heterocycles. The topological polar surface area (TPSA) is 64.9 Å². The van der Waals surface area contributed by atoms with Crippen LogP contribution in [0.4, 0.5) is 0 Å². The lowest BCUT2D eigenvalue weighted by atomic mass is 10.1. The minimum Gasteiger partial charge on any atom is -0.490 e. The summed E-state index contributed by atoms with van der Waals surface area (Å²) in [4.78, 5) is 17.1. The zero-order valence-corrected chi connectivity index (χ0v) is 17.0. The summed E-state index contributed by atoms with van der Waals surface area (Å²) < 4.78 is 13.0. The van der Waals surface area contributed by atoms with Crippen molar-refractivity contribution in [3.05, 3.63) is 58.5 Å². The monoisotopic (exact) mass is 401 g/mol. The van der Waals surface area contributed by atoms with Crippen LogP contribution < -0.4 is 14.8 Å². The largest absolute Gasteiger partial charge is 0.490 e. The number of nitrogens with zero attached hydrogens (tertiary/aromatic N) is 2. The van der Waals surface area contributed by atoms with E-state index in [0.717, 1.165) is 17.1 Å². The molecule has 0 unspecified atom stereocenters. The van der Waals surface area contributed by atoms with E-state index in [4.69, 9.17) is 21.1 Å². The Morgan fingerprint density at radius 1 is 1.14 bits per heavy atom. The summed E-state index contributed by atoms with van der Waals surface area (Å²) in [5, 5.41) is 3.56. The van der Waals surface area contributed by atoms with Gasteiger partial charge in [-0.05, 0) is 51.0 Å². The molecule has 0 spiro atoms. The average Bonchev–Trinajstić information content (AvgIpc) is 2.98. The lowest BCUT2D eigenvalue weighted by molar-refractivity contribution is 0.0947. The van der Waals surface area contributed by atoms with Gasteiger partial charge in [0.2, 0.25) is 0 Å². The molecule has 1 N–H and O–H groups in total. The van der Waals surface area contributed by atoms with Crippen molar-refractivity contribution in [2.75, 3.05) is 19.8 Å². The molecule has 7 heteroatoms. The molecule has 2 heterocycles. The molecule has 0 saturated carbocycles. The minimum absolute atomic E-state index is 0.164. The maximum Gasteiger partial charge on any atom is 0.270 e. The maximum absolute atomic E-state index is 12.7. The second-order valence-corrected chi connectivity index (χ2v) is 6.71. The standard InChI is InChI=1S/C21H24ClN3O3/c1-4-27-17-7-6-15(12-18(17)28-5-2)8-10-23-21(26)20-14(3)24-19-13-16(22)9-11-25(19)20/h6-7,9,11-13H,4-5,8,10H2,1-3H3,(H,23,26). The van der Waals surface area contributed by atoms with Gasteiger partial charge in [-0.1, -0.05) is 17.7 Å². The van der Waals surface area contributed by atoms with Crippen LogP contribution in [0, 0.1) is 6.92 Å². The molecule has 0 aliphatic heterocycles.